The smallest absolute Gasteiger partial charge is 0.220 e. The van der Waals surface area contributed by atoms with Gasteiger partial charge in [0.2, 0.25) is 5.91 Å². The van der Waals surface area contributed by atoms with Gasteiger partial charge in [0.05, 0.1) is 25.5 Å². The summed E-state index contributed by atoms with van der Waals surface area (Å²) in [5.41, 5.74) is 1.61. The first kappa shape index (κ1) is 17.4. The highest BCUT2D eigenvalue weighted by Gasteiger charge is 2.19. The number of methoxy groups -OCH3 is 1. The summed E-state index contributed by atoms with van der Waals surface area (Å²) in [7, 11) is 3.76. The number of likely N-dealkylation sites (tertiary alicyclic amines) is 1. The zero-order valence-electron chi connectivity index (χ0n) is 14.8. The van der Waals surface area contributed by atoms with Gasteiger partial charge in [0.1, 0.15) is 11.4 Å². The predicted octanol–water partition coefficient (Wildman–Crippen LogP) is 1.62. The molecule has 0 aliphatic carbocycles. The third-order valence-corrected chi connectivity index (χ3v) is 4.64. The summed E-state index contributed by atoms with van der Waals surface area (Å²) in [5, 5.41) is 11.2. The number of carbonyl (C=O) groups excluding carboxylic acids is 1. The molecule has 7 heteroatoms. The van der Waals surface area contributed by atoms with Gasteiger partial charge in [-0.25, -0.2) is 4.68 Å². The Morgan fingerprint density at radius 3 is 2.92 bits per heavy atom. The molecular weight excluding hydrogens is 318 g/mol. The lowest BCUT2D eigenvalue weighted by molar-refractivity contribution is -0.122. The number of carbonyl (C=O) groups is 1. The summed E-state index contributed by atoms with van der Waals surface area (Å²) < 4.78 is 6.90. The van der Waals surface area contributed by atoms with E-state index in [1.165, 1.54) is 0 Å². The lowest BCUT2D eigenvalue weighted by Crippen LogP contribution is -2.33. The van der Waals surface area contributed by atoms with Crippen LogP contribution in [0.15, 0.2) is 30.5 Å². The highest BCUT2D eigenvalue weighted by molar-refractivity contribution is 5.76. The van der Waals surface area contributed by atoms with Crippen molar-refractivity contribution in [1.29, 1.82) is 0 Å². The fraction of sp³-hybridized carbons (Fsp3) is 0.500. The van der Waals surface area contributed by atoms with E-state index in [-0.39, 0.29) is 5.91 Å². The van der Waals surface area contributed by atoms with Gasteiger partial charge in [-0.3, -0.25) is 4.79 Å². The van der Waals surface area contributed by atoms with E-state index in [0.717, 1.165) is 43.1 Å². The standard InChI is InChI=1S/C18H25N5O2/c1-22-8-6-14(7-9-22)10-18(24)19-12-15-13-23(21-20-15)16-4-3-5-17(11-16)25-2/h3-5,11,13-14H,6-10,12H2,1-2H3,(H,19,24). The maximum atomic E-state index is 12.1. The summed E-state index contributed by atoms with van der Waals surface area (Å²) >= 11 is 0. The second-order valence-corrected chi connectivity index (χ2v) is 6.58. The molecule has 0 radical (unpaired) electrons. The Labute approximate surface area is 148 Å². The molecule has 0 spiro atoms. The van der Waals surface area contributed by atoms with Crippen molar-refractivity contribution in [3.63, 3.8) is 0 Å². The van der Waals surface area contributed by atoms with E-state index < -0.39 is 0 Å². The lowest BCUT2D eigenvalue weighted by Gasteiger charge is -2.28. The van der Waals surface area contributed by atoms with Crippen molar-refractivity contribution in [2.45, 2.75) is 25.8 Å². The number of benzene rings is 1. The summed E-state index contributed by atoms with van der Waals surface area (Å²) in [5.74, 6) is 1.34. The maximum absolute atomic E-state index is 12.1. The molecule has 1 fully saturated rings. The molecule has 2 heterocycles. The molecule has 7 nitrogen and oxygen atoms in total. The molecule has 0 atom stereocenters. The molecule has 0 saturated carbocycles. The van der Waals surface area contributed by atoms with Gasteiger partial charge in [-0.2, -0.15) is 0 Å². The van der Waals surface area contributed by atoms with Crippen LogP contribution in [-0.4, -0.2) is 53.0 Å². The zero-order valence-corrected chi connectivity index (χ0v) is 14.8. The van der Waals surface area contributed by atoms with E-state index in [1.54, 1.807) is 11.8 Å². The van der Waals surface area contributed by atoms with Crippen LogP contribution in [0.3, 0.4) is 0 Å². The van der Waals surface area contributed by atoms with Crippen molar-refractivity contribution >= 4 is 5.91 Å². The zero-order chi connectivity index (χ0) is 17.6. The fourth-order valence-corrected chi connectivity index (χ4v) is 3.05. The van der Waals surface area contributed by atoms with Gasteiger partial charge in [-0.15, -0.1) is 5.10 Å². The number of hydrogen-bond donors (Lipinski definition) is 1. The van der Waals surface area contributed by atoms with Crippen LogP contribution in [0.5, 0.6) is 5.75 Å². The fourth-order valence-electron chi connectivity index (χ4n) is 3.05. The van der Waals surface area contributed by atoms with E-state index in [9.17, 15) is 4.79 Å². The number of nitrogens with zero attached hydrogens (tertiary/aromatic N) is 4. The maximum Gasteiger partial charge on any atom is 0.220 e. The molecule has 1 N–H and O–H groups in total. The monoisotopic (exact) mass is 343 g/mol. The highest BCUT2D eigenvalue weighted by Crippen LogP contribution is 2.19. The molecule has 1 amide bonds. The number of rotatable bonds is 6. The van der Waals surface area contributed by atoms with E-state index >= 15 is 0 Å². The Kier molecular flexibility index (Phi) is 5.65. The Balaban J connectivity index is 1.50. The number of amides is 1. The molecule has 134 valence electrons. The number of ether oxygens (including phenoxy) is 1. The Morgan fingerprint density at radius 2 is 2.16 bits per heavy atom. The molecule has 25 heavy (non-hydrogen) atoms. The number of piperidine rings is 1. The summed E-state index contributed by atoms with van der Waals surface area (Å²) in [6.07, 6.45) is 4.61. The summed E-state index contributed by atoms with van der Waals surface area (Å²) in [4.78, 5) is 14.4. The van der Waals surface area contributed by atoms with Crippen LogP contribution < -0.4 is 10.1 Å². The van der Waals surface area contributed by atoms with Crippen LogP contribution in [0.1, 0.15) is 25.0 Å². The average Bonchev–Trinajstić information content (AvgIpc) is 3.11. The molecular formula is C18H25N5O2. The minimum absolute atomic E-state index is 0.0884. The number of nitrogens with one attached hydrogen (secondary N) is 1. The second-order valence-electron chi connectivity index (χ2n) is 6.58. The average molecular weight is 343 g/mol. The van der Waals surface area contributed by atoms with Crippen LogP contribution in [-0.2, 0) is 11.3 Å². The second kappa shape index (κ2) is 8.11. The summed E-state index contributed by atoms with van der Waals surface area (Å²) in [6.45, 7) is 2.55. The van der Waals surface area contributed by atoms with Gasteiger partial charge in [-0.05, 0) is 51.0 Å². The van der Waals surface area contributed by atoms with Crippen molar-refractivity contribution in [2.24, 2.45) is 5.92 Å². The van der Waals surface area contributed by atoms with Crippen molar-refractivity contribution in [2.75, 3.05) is 27.2 Å². The molecule has 1 aromatic carbocycles. The first-order chi connectivity index (χ1) is 12.1. The molecule has 3 rings (SSSR count). The lowest BCUT2D eigenvalue weighted by atomic mass is 9.93. The quantitative estimate of drug-likeness (QED) is 0.863. The van der Waals surface area contributed by atoms with Crippen LogP contribution in [0, 0.1) is 5.92 Å². The van der Waals surface area contributed by atoms with Gasteiger partial charge < -0.3 is 15.0 Å². The van der Waals surface area contributed by atoms with Gasteiger partial charge >= 0.3 is 0 Å². The topological polar surface area (TPSA) is 72.3 Å². The SMILES string of the molecule is COc1cccc(-n2cc(CNC(=O)CC3CCN(C)CC3)nn2)c1. The van der Waals surface area contributed by atoms with Crippen LogP contribution >= 0.6 is 0 Å². The van der Waals surface area contributed by atoms with Gasteiger partial charge in [-0.1, -0.05) is 11.3 Å². The van der Waals surface area contributed by atoms with Gasteiger partial charge in [0, 0.05) is 12.5 Å². The van der Waals surface area contributed by atoms with Gasteiger partial charge in [0.15, 0.2) is 0 Å². The van der Waals surface area contributed by atoms with E-state index in [4.69, 9.17) is 4.74 Å². The van der Waals surface area contributed by atoms with Crippen LogP contribution in [0.4, 0.5) is 0 Å². The van der Waals surface area contributed by atoms with E-state index in [0.29, 0.717) is 18.9 Å². The van der Waals surface area contributed by atoms with Crippen LogP contribution in [0.25, 0.3) is 5.69 Å². The predicted molar refractivity (Wildman–Crippen MR) is 94.6 cm³/mol. The first-order valence-corrected chi connectivity index (χ1v) is 8.65. The minimum Gasteiger partial charge on any atom is -0.497 e. The molecule has 1 aliphatic heterocycles. The molecule has 2 aromatic rings. The Bertz CT molecular complexity index is 707. The molecule has 1 aromatic heterocycles. The largest absolute Gasteiger partial charge is 0.497 e. The van der Waals surface area contributed by atoms with E-state index in [2.05, 4.69) is 27.6 Å². The van der Waals surface area contributed by atoms with Crippen molar-refractivity contribution in [1.82, 2.24) is 25.2 Å². The molecule has 0 unspecified atom stereocenters. The summed E-state index contributed by atoms with van der Waals surface area (Å²) in [6, 6.07) is 7.60. The molecule has 1 aliphatic rings. The third-order valence-electron chi connectivity index (χ3n) is 4.64. The van der Waals surface area contributed by atoms with Gasteiger partial charge in [0.25, 0.3) is 0 Å². The molecule has 0 bridgehead atoms. The van der Waals surface area contributed by atoms with Crippen LogP contribution in [0.2, 0.25) is 0 Å². The highest BCUT2D eigenvalue weighted by atomic mass is 16.5. The number of hydrogen-bond acceptors (Lipinski definition) is 5. The third kappa shape index (κ3) is 4.79. The minimum atomic E-state index is 0.0884. The first-order valence-electron chi connectivity index (χ1n) is 8.65. The van der Waals surface area contributed by atoms with E-state index in [1.807, 2.05) is 30.5 Å². The van der Waals surface area contributed by atoms with Crippen molar-refractivity contribution in [3.8, 4) is 11.4 Å². The Hall–Kier alpha value is -2.41. The van der Waals surface area contributed by atoms with Crippen molar-refractivity contribution in [3.05, 3.63) is 36.2 Å². The normalized spacial score (nSPS) is 15.9. The Morgan fingerprint density at radius 1 is 1.36 bits per heavy atom. The number of aromatic nitrogens is 3. The molecule has 1 saturated heterocycles. The van der Waals surface area contributed by atoms with Crippen molar-refractivity contribution < 1.29 is 9.53 Å².